The lowest BCUT2D eigenvalue weighted by Crippen LogP contribution is -1.83. The molecular formula is C5H7NS3. The van der Waals surface area contributed by atoms with Gasteiger partial charge in [0.25, 0.3) is 0 Å². The first-order chi connectivity index (χ1) is 4.29. The summed E-state index contributed by atoms with van der Waals surface area (Å²) in [7, 11) is 0. The SMILES string of the molecule is CC(=S)N=C1SCCS1. The summed E-state index contributed by atoms with van der Waals surface area (Å²) in [5.41, 5.74) is 0. The molecule has 4 heteroatoms. The first-order valence-corrected chi connectivity index (χ1v) is 5.02. The Morgan fingerprint density at radius 3 is 2.56 bits per heavy atom. The molecule has 0 aromatic rings. The van der Waals surface area contributed by atoms with Gasteiger partial charge in [-0.15, -0.1) is 0 Å². The van der Waals surface area contributed by atoms with Gasteiger partial charge in [-0.3, -0.25) is 0 Å². The molecule has 0 saturated carbocycles. The van der Waals surface area contributed by atoms with E-state index in [4.69, 9.17) is 12.2 Å². The summed E-state index contributed by atoms with van der Waals surface area (Å²) in [6.07, 6.45) is 0. The molecule has 0 atom stereocenters. The van der Waals surface area contributed by atoms with Crippen molar-refractivity contribution in [2.45, 2.75) is 6.92 Å². The van der Waals surface area contributed by atoms with Gasteiger partial charge in [-0.05, 0) is 6.92 Å². The number of thiocarbonyl (C=S) groups is 1. The Kier molecular flexibility index (Phi) is 3.01. The average molecular weight is 177 g/mol. The molecule has 0 radical (unpaired) electrons. The minimum atomic E-state index is 0.743. The van der Waals surface area contributed by atoms with Crippen LogP contribution >= 0.6 is 35.7 Å². The molecule has 1 saturated heterocycles. The Morgan fingerprint density at radius 1 is 1.56 bits per heavy atom. The maximum absolute atomic E-state index is 4.82. The zero-order chi connectivity index (χ0) is 6.69. The summed E-state index contributed by atoms with van der Waals surface area (Å²) in [5, 5.41) is 0. The molecule has 0 bridgehead atoms. The molecule has 50 valence electrons. The Balaban J connectivity index is 2.49. The van der Waals surface area contributed by atoms with E-state index in [-0.39, 0.29) is 0 Å². The monoisotopic (exact) mass is 177 g/mol. The molecule has 1 nitrogen and oxygen atoms in total. The minimum absolute atomic E-state index is 0.743. The second kappa shape index (κ2) is 3.58. The standard InChI is InChI=1S/C5H7NS3/c1-4(7)6-5-8-2-3-9-5/h2-3H2,1H3. The van der Waals surface area contributed by atoms with Crippen molar-refractivity contribution >= 4 is 45.1 Å². The van der Waals surface area contributed by atoms with Crippen LogP contribution in [-0.4, -0.2) is 20.9 Å². The molecule has 0 N–H and O–H groups in total. The van der Waals surface area contributed by atoms with Crippen LogP contribution in [0.4, 0.5) is 0 Å². The van der Waals surface area contributed by atoms with Crippen molar-refractivity contribution in [3.05, 3.63) is 0 Å². The molecular weight excluding hydrogens is 170 g/mol. The first kappa shape index (κ1) is 7.57. The molecule has 0 aromatic heterocycles. The van der Waals surface area contributed by atoms with Crippen LogP contribution in [0.1, 0.15) is 6.92 Å². The summed E-state index contributed by atoms with van der Waals surface area (Å²) < 4.78 is 1.14. The lowest BCUT2D eigenvalue weighted by molar-refractivity contribution is 1.59. The Labute approximate surface area is 68.7 Å². The van der Waals surface area contributed by atoms with E-state index >= 15 is 0 Å². The number of rotatable bonds is 0. The molecule has 9 heavy (non-hydrogen) atoms. The van der Waals surface area contributed by atoms with Crippen LogP contribution in [0.3, 0.4) is 0 Å². The zero-order valence-corrected chi connectivity index (χ0v) is 7.54. The predicted octanol–water partition coefficient (Wildman–Crippen LogP) is 2.17. The molecule has 0 unspecified atom stereocenters. The van der Waals surface area contributed by atoms with Crippen molar-refractivity contribution in [3.8, 4) is 0 Å². The number of hydrogen-bond donors (Lipinski definition) is 0. The normalized spacial score (nSPS) is 18.1. The maximum Gasteiger partial charge on any atom is 0.131 e. The molecule has 0 aromatic carbocycles. The van der Waals surface area contributed by atoms with Gasteiger partial charge < -0.3 is 0 Å². The van der Waals surface area contributed by atoms with Crippen LogP contribution in [-0.2, 0) is 0 Å². The third kappa shape index (κ3) is 2.69. The fraction of sp³-hybridized carbons (Fsp3) is 0.600. The van der Waals surface area contributed by atoms with E-state index in [9.17, 15) is 0 Å². The lowest BCUT2D eigenvalue weighted by Gasteiger charge is -1.88. The Bertz CT molecular complexity index is 144. The molecule has 1 fully saturated rings. The van der Waals surface area contributed by atoms with Gasteiger partial charge >= 0.3 is 0 Å². The maximum atomic E-state index is 4.82. The van der Waals surface area contributed by atoms with Crippen LogP contribution in [0, 0.1) is 0 Å². The number of hydrogen-bond acceptors (Lipinski definition) is 3. The van der Waals surface area contributed by atoms with Crippen molar-refractivity contribution in [2.24, 2.45) is 4.99 Å². The van der Waals surface area contributed by atoms with E-state index in [1.165, 1.54) is 11.5 Å². The van der Waals surface area contributed by atoms with Gasteiger partial charge in [0.2, 0.25) is 0 Å². The van der Waals surface area contributed by atoms with Crippen molar-refractivity contribution < 1.29 is 0 Å². The fourth-order valence-electron chi connectivity index (χ4n) is 0.493. The van der Waals surface area contributed by atoms with Crippen LogP contribution < -0.4 is 0 Å². The van der Waals surface area contributed by atoms with Gasteiger partial charge in [-0.25, -0.2) is 4.99 Å². The molecule has 0 amide bonds. The van der Waals surface area contributed by atoms with E-state index in [2.05, 4.69) is 4.99 Å². The van der Waals surface area contributed by atoms with E-state index in [1.54, 1.807) is 23.5 Å². The molecule has 0 spiro atoms. The molecule has 1 aliphatic heterocycles. The van der Waals surface area contributed by atoms with Crippen molar-refractivity contribution in [2.75, 3.05) is 11.5 Å². The highest BCUT2D eigenvalue weighted by Gasteiger charge is 2.08. The average Bonchev–Trinajstić information content (AvgIpc) is 2.15. The lowest BCUT2D eigenvalue weighted by atomic mass is 10.8. The van der Waals surface area contributed by atoms with Crippen LogP contribution in [0.2, 0.25) is 0 Å². The van der Waals surface area contributed by atoms with Gasteiger partial charge in [0.05, 0.1) is 0 Å². The quantitative estimate of drug-likeness (QED) is 0.526. The number of aliphatic imine (C=N–C) groups is 1. The van der Waals surface area contributed by atoms with Crippen molar-refractivity contribution in [1.82, 2.24) is 0 Å². The second-order valence-electron chi connectivity index (χ2n) is 1.59. The van der Waals surface area contributed by atoms with E-state index in [0.29, 0.717) is 0 Å². The van der Waals surface area contributed by atoms with Crippen molar-refractivity contribution in [1.29, 1.82) is 0 Å². The van der Waals surface area contributed by atoms with Gasteiger partial charge in [-0.2, -0.15) is 0 Å². The largest absolute Gasteiger partial charge is 0.228 e. The van der Waals surface area contributed by atoms with Crippen LogP contribution in [0.25, 0.3) is 0 Å². The minimum Gasteiger partial charge on any atom is -0.228 e. The Hall–Kier alpha value is 0.460. The third-order valence-corrected chi connectivity index (χ3v) is 3.33. The summed E-state index contributed by atoms with van der Waals surface area (Å²) in [6.45, 7) is 1.85. The van der Waals surface area contributed by atoms with Gasteiger partial charge in [0.1, 0.15) is 9.36 Å². The highest BCUT2D eigenvalue weighted by molar-refractivity contribution is 8.41. The topological polar surface area (TPSA) is 12.4 Å². The summed E-state index contributed by atoms with van der Waals surface area (Å²) in [5.74, 6) is 2.37. The van der Waals surface area contributed by atoms with Crippen molar-refractivity contribution in [3.63, 3.8) is 0 Å². The predicted molar refractivity (Wildman–Crippen MR) is 50.6 cm³/mol. The molecule has 0 aliphatic carbocycles. The van der Waals surface area contributed by atoms with Gasteiger partial charge in [0, 0.05) is 11.5 Å². The third-order valence-electron chi connectivity index (χ3n) is 0.783. The highest BCUT2D eigenvalue weighted by atomic mass is 32.2. The molecule has 1 rings (SSSR count). The van der Waals surface area contributed by atoms with Crippen LogP contribution in [0.5, 0.6) is 0 Å². The highest BCUT2D eigenvalue weighted by Crippen LogP contribution is 2.25. The fourth-order valence-corrected chi connectivity index (χ4v) is 2.95. The summed E-state index contributed by atoms with van der Waals surface area (Å²) in [4.78, 5) is 4.89. The Morgan fingerprint density at radius 2 is 2.11 bits per heavy atom. The van der Waals surface area contributed by atoms with E-state index in [1.807, 2.05) is 6.92 Å². The molecule has 1 aliphatic rings. The first-order valence-electron chi connectivity index (χ1n) is 2.64. The second-order valence-corrected chi connectivity index (χ2v) is 4.61. The molecule has 1 heterocycles. The number of nitrogens with zero attached hydrogens (tertiary/aromatic N) is 1. The van der Waals surface area contributed by atoms with Crippen LogP contribution in [0.15, 0.2) is 4.99 Å². The van der Waals surface area contributed by atoms with E-state index < -0.39 is 0 Å². The summed E-state index contributed by atoms with van der Waals surface area (Å²) >= 11 is 8.41. The summed E-state index contributed by atoms with van der Waals surface area (Å²) in [6, 6.07) is 0. The van der Waals surface area contributed by atoms with Gasteiger partial charge in [0.15, 0.2) is 0 Å². The van der Waals surface area contributed by atoms with Gasteiger partial charge in [-0.1, -0.05) is 35.7 Å². The zero-order valence-electron chi connectivity index (χ0n) is 5.09. The van der Waals surface area contributed by atoms with E-state index in [0.717, 1.165) is 9.36 Å². The smallest absolute Gasteiger partial charge is 0.131 e. The number of thioether (sulfide) groups is 2.